The molecule has 2 aliphatic rings. The van der Waals surface area contributed by atoms with Gasteiger partial charge in [-0.05, 0) is 31.4 Å². The maximum Gasteiger partial charge on any atom is 0.0547 e. The monoisotopic (exact) mass is 277 g/mol. The summed E-state index contributed by atoms with van der Waals surface area (Å²) in [4.78, 5) is 0. The Morgan fingerprint density at radius 3 is 2.57 bits per heavy atom. The minimum Gasteiger partial charge on any atom is -0.378 e. The molecule has 2 aliphatic carbocycles. The molecule has 0 aliphatic heterocycles. The fourth-order valence-electron chi connectivity index (χ4n) is 3.20. The molecular weight excluding hydrogens is 254 g/mol. The van der Waals surface area contributed by atoms with E-state index in [0.29, 0.717) is 17.9 Å². The standard InChI is InChI=1S/C20H23N/c1-15-12-13-16(2)19(14-15)18-10-6-7-11-20(18)21-17-8-4-3-5-9-17/h3-13,15,18,20-21H,14H2,1-2H3. The highest BCUT2D eigenvalue weighted by Crippen LogP contribution is 2.34. The van der Waals surface area contributed by atoms with Gasteiger partial charge < -0.3 is 5.32 Å². The van der Waals surface area contributed by atoms with Crippen molar-refractivity contribution < 1.29 is 0 Å². The molecular formula is C20H23N. The van der Waals surface area contributed by atoms with Crippen LogP contribution < -0.4 is 5.32 Å². The predicted molar refractivity (Wildman–Crippen MR) is 91.2 cm³/mol. The van der Waals surface area contributed by atoms with Crippen LogP contribution >= 0.6 is 0 Å². The summed E-state index contributed by atoms with van der Waals surface area (Å²) in [5.74, 6) is 1.09. The van der Waals surface area contributed by atoms with Gasteiger partial charge in [-0.25, -0.2) is 0 Å². The number of para-hydroxylation sites is 1. The number of anilines is 1. The molecule has 0 spiro atoms. The van der Waals surface area contributed by atoms with Crippen molar-refractivity contribution >= 4 is 5.69 Å². The van der Waals surface area contributed by atoms with E-state index in [9.17, 15) is 0 Å². The Bertz CT molecular complexity index is 604. The summed E-state index contributed by atoms with van der Waals surface area (Å²) >= 11 is 0. The molecule has 3 unspecified atom stereocenters. The van der Waals surface area contributed by atoms with Gasteiger partial charge in [-0.2, -0.15) is 0 Å². The van der Waals surface area contributed by atoms with E-state index in [4.69, 9.17) is 0 Å². The van der Waals surface area contributed by atoms with Crippen LogP contribution in [0.4, 0.5) is 5.69 Å². The van der Waals surface area contributed by atoms with E-state index in [0.717, 1.165) is 6.42 Å². The van der Waals surface area contributed by atoms with Crippen LogP contribution in [-0.2, 0) is 0 Å². The van der Waals surface area contributed by atoms with Crippen molar-refractivity contribution in [2.75, 3.05) is 5.32 Å². The predicted octanol–water partition coefficient (Wildman–Crippen LogP) is 5.12. The molecule has 108 valence electrons. The van der Waals surface area contributed by atoms with E-state index in [1.54, 1.807) is 5.57 Å². The van der Waals surface area contributed by atoms with Crippen molar-refractivity contribution in [3.05, 3.63) is 77.9 Å². The van der Waals surface area contributed by atoms with Gasteiger partial charge in [-0.15, -0.1) is 0 Å². The Balaban J connectivity index is 1.84. The summed E-state index contributed by atoms with van der Waals surface area (Å²) in [6, 6.07) is 10.8. The van der Waals surface area contributed by atoms with Crippen LogP contribution in [0.3, 0.4) is 0 Å². The molecule has 0 bridgehead atoms. The fourth-order valence-corrected chi connectivity index (χ4v) is 3.20. The van der Waals surface area contributed by atoms with Gasteiger partial charge in [-0.1, -0.05) is 72.7 Å². The third-order valence-corrected chi connectivity index (χ3v) is 4.37. The molecule has 0 aromatic heterocycles. The van der Waals surface area contributed by atoms with E-state index in [2.05, 4.69) is 86.0 Å². The number of hydrogen-bond acceptors (Lipinski definition) is 1. The first-order chi connectivity index (χ1) is 10.2. The summed E-state index contributed by atoms with van der Waals surface area (Å²) < 4.78 is 0. The van der Waals surface area contributed by atoms with Gasteiger partial charge in [-0.3, -0.25) is 0 Å². The molecule has 21 heavy (non-hydrogen) atoms. The summed E-state index contributed by atoms with van der Waals surface area (Å²) in [5, 5.41) is 3.67. The summed E-state index contributed by atoms with van der Waals surface area (Å²) in [5.41, 5.74) is 4.18. The highest BCUT2D eigenvalue weighted by molar-refractivity contribution is 5.48. The van der Waals surface area contributed by atoms with Gasteiger partial charge in [0.1, 0.15) is 0 Å². The highest BCUT2D eigenvalue weighted by atomic mass is 14.9. The first-order valence-corrected chi connectivity index (χ1v) is 7.78. The average molecular weight is 277 g/mol. The SMILES string of the molecule is CC1=C(C2C=CC=CC2Nc2ccccc2)CC(C)C=C1. The second kappa shape index (κ2) is 6.17. The fraction of sp³-hybridized carbons (Fsp3) is 0.300. The van der Waals surface area contributed by atoms with Crippen molar-refractivity contribution in [1.82, 2.24) is 0 Å². The zero-order chi connectivity index (χ0) is 14.7. The van der Waals surface area contributed by atoms with Crippen LogP contribution in [0.5, 0.6) is 0 Å². The quantitative estimate of drug-likeness (QED) is 0.808. The molecule has 0 fully saturated rings. The summed E-state index contributed by atoms with van der Waals surface area (Å²) in [6.07, 6.45) is 14.7. The molecule has 3 atom stereocenters. The number of nitrogens with one attached hydrogen (secondary N) is 1. The van der Waals surface area contributed by atoms with Crippen molar-refractivity contribution in [3.63, 3.8) is 0 Å². The van der Waals surface area contributed by atoms with E-state index in [1.807, 2.05) is 0 Å². The van der Waals surface area contributed by atoms with Crippen LogP contribution in [0.2, 0.25) is 0 Å². The van der Waals surface area contributed by atoms with Crippen molar-refractivity contribution in [2.45, 2.75) is 26.3 Å². The topological polar surface area (TPSA) is 12.0 Å². The van der Waals surface area contributed by atoms with Gasteiger partial charge in [0.15, 0.2) is 0 Å². The van der Waals surface area contributed by atoms with E-state index in [-0.39, 0.29) is 0 Å². The number of benzene rings is 1. The Kier molecular flexibility index (Phi) is 4.10. The number of hydrogen-bond donors (Lipinski definition) is 1. The first-order valence-electron chi connectivity index (χ1n) is 7.78. The van der Waals surface area contributed by atoms with E-state index >= 15 is 0 Å². The van der Waals surface area contributed by atoms with Crippen LogP contribution in [0.1, 0.15) is 20.3 Å². The number of rotatable bonds is 3. The molecule has 0 amide bonds. The lowest BCUT2D eigenvalue weighted by atomic mass is 9.78. The maximum absolute atomic E-state index is 3.67. The minimum absolute atomic E-state index is 0.334. The number of allylic oxidation sites excluding steroid dienone is 5. The van der Waals surface area contributed by atoms with Crippen LogP contribution in [-0.4, -0.2) is 6.04 Å². The molecule has 1 heteroatoms. The van der Waals surface area contributed by atoms with Crippen LogP contribution in [0, 0.1) is 11.8 Å². The Morgan fingerprint density at radius 2 is 1.76 bits per heavy atom. The molecule has 1 aromatic carbocycles. The zero-order valence-corrected chi connectivity index (χ0v) is 12.8. The highest BCUT2D eigenvalue weighted by Gasteiger charge is 2.25. The van der Waals surface area contributed by atoms with Crippen LogP contribution in [0.25, 0.3) is 0 Å². The molecule has 3 rings (SSSR count). The minimum atomic E-state index is 0.334. The Hall–Kier alpha value is -2.02. The molecule has 1 nitrogen and oxygen atoms in total. The maximum atomic E-state index is 3.67. The van der Waals surface area contributed by atoms with Gasteiger partial charge in [0.25, 0.3) is 0 Å². The van der Waals surface area contributed by atoms with Gasteiger partial charge in [0.2, 0.25) is 0 Å². The van der Waals surface area contributed by atoms with Gasteiger partial charge >= 0.3 is 0 Å². The Labute approximate surface area is 127 Å². The zero-order valence-electron chi connectivity index (χ0n) is 12.8. The molecule has 1 aromatic rings. The Morgan fingerprint density at radius 1 is 1.00 bits per heavy atom. The third kappa shape index (κ3) is 3.18. The molecule has 0 saturated heterocycles. The van der Waals surface area contributed by atoms with Crippen molar-refractivity contribution in [3.8, 4) is 0 Å². The smallest absolute Gasteiger partial charge is 0.0547 e. The van der Waals surface area contributed by atoms with Crippen molar-refractivity contribution in [1.29, 1.82) is 0 Å². The molecule has 1 N–H and O–H groups in total. The summed E-state index contributed by atoms with van der Waals surface area (Å²) in [7, 11) is 0. The first kappa shape index (κ1) is 13.9. The van der Waals surface area contributed by atoms with E-state index in [1.165, 1.54) is 11.3 Å². The second-order valence-corrected chi connectivity index (χ2v) is 6.08. The van der Waals surface area contributed by atoms with Crippen LogP contribution in [0.15, 0.2) is 77.9 Å². The third-order valence-electron chi connectivity index (χ3n) is 4.37. The molecule has 0 radical (unpaired) electrons. The normalized spacial score (nSPS) is 28.0. The summed E-state index contributed by atoms with van der Waals surface area (Å²) in [6.45, 7) is 4.54. The lowest BCUT2D eigenvalue weighted by Crippen LogP contribution is -2.30. The van der Waals surface area contributed by atoms with Crippen molar-refractivity contribution in [2.24, 2.45) is 11.8 Å². The van der Waals surface area contributed by atoms with E-state index < -0.39 is 0 Å². The molecule has 0 saturated carbocycles. The van der Waals surface area contributed by atoms with Gasteiger partial charge in [0, 0.05) is 11.6 Å². The second-order valence-electron chi connectivity index (χ2n) is 6.08. The largest absolute Gasteiger partial charge is 0.378 e. The lowest BCUT2D eigenvalue weighted by Gasteiger charge is -2.32. The molecule has 0 heterocycles. The lowest BCUT2D eigenvalue weighted by molar-refractivity contribution is 0.590. The average Bonchev–Trinajstić information content (AvgIpc) is 2.51. The van der Waals surface area contributed by atoms with Gasteiger partial charge in [0.05, 0.1) is 6.04 Å².